The average Bonchev–Trinajstić information content (AvgIpc) is 3.38. The van der Waals surface area contributed by atoms with Gasteiger partial charge in [-0.1, -0.05) is 56.7 Å². The number of aromatic amines is 1. The van der Waals surface area contributed by atoms with Crippen LogP contribution in [0.15, 0.2) is 65.4 Å². The summed E-state index contributed by atoms with van der Waals surface area (Å²) in [5, 5.41) is 4.13. The van der Waals surface area contributed by atoms with Crippen molar-refractivity contribution < 1.29 is 4.79 Å². The highest BCUT2D eigenvalue weighted by molar-refractivity contribution is 7.08. The molecule has 2 aromatic heterocycles. The molecular weight excluding hydrogens is 376 g/mol. The highest BCUT2D eigenvalue weighted by atomic mass is 32.1. The number of aromatic nitrogens is 2. The van der Waals surface area contributed by atoms with Crippen LogP contribution in [-0.4, -0.2) is 15.8 Å². The van der Waals surface area contributed by atoms with Crippen molar-refractivity contribution >= 4 is 28.2 Å². The van der Waals surface area contributed by atoms with E-state index in [2.05, 4.69) is 53.5 Å². The van der Waals surface area contributed by atoms with Crippen molar-refractivity contribution in [2.24, 2.45) is 5.92 Å². The fourth-order valence-electron chi connectivity index (χ4n) is 4.13. The van der Waals surface area contributed by atoms with Crippen LogP contribution < -0.4 is 0 Å². The maximum Gasteiger partial charge on any atom is 0.144 e. The topological polar surface area (TPSA) is 45.8 Å². The number of Topliss-reactive ketones (excluding diaryl/α,β-unsaturated/α-hetero) is 1. The van der Waals surface area contributed by atoms with Gasteiger partial charge < -0.3 is 4.98 Å². The molecule has 2 heterocycles. The molecule has 0 bridgehead atoms. The van der Waals surface area contributed by atoms with Gasteiger partial charge in [0, 0.05) is 23.3 Å². The average molecular weight is 403 g/mol. The van der Waals surface area contributed by atoms with Gasteiger partial charge in [-0.05, 0) is 47.0 Å². The van der Waals surface area contributed by atoms with Gasteiger partial charge in [0.1, 0.15) is 11.6 Å². The third kappa shape index (κ3) is 4.33. The Morgan fingerprint density at radius 2 is 1.97 bits per heavy atom. The summed E-state index contributed by atoms with van der Waals surface area (Å²) in [7, 11) is 0. The molecule has 4 rings (SSSR count). The number of hydrogen-bond donors (Lipinski definition) is 1. The zero-order chi connectivity index (χ0) is 20.2. The van der Waals surface area contributed by atoms with Crippen molar-refractivity contribution in [2.45, 2.75) is 39.0 Å². The molecule has 0 amide bonds. The van der Waals surface area contributed by atoms with Gasteiger partial charge in [-0.2, -0.15) is 11.3 Å². The second-order valence-electron chi connectivity index (χ2n) is 7.75. The molecule has 0 aliphatic rings. The normalized spacial score (nSPS) is 13.4. The first-order valence-electron chi connectivity index (χ1n) is 10.2. The van der Waals surface area contributed by atoms with Gasteiger partial charge in [0.05, 0.1) is 11.0 Å². The van der Waals surface area contributed by atoms with E-state index < -0.39 is 0 Å². The zero-order valence-electron chi connectivity index (χ0n) is 16.9. The molecule has 0 aliphatic heterocycles. The quantitative estimate of drug-likeness (QED) is 0.360. The van der Waals surface area contributed by atoms with Crippen molar-refractivity contribution in [3.63, 3.8) is 0 Å². The molecule has 4 aromatic rings. The molecule has 1 N–H and O–H groups in total. The Kier molecular flexibility index (Phi) is 5.91. The molecule has 0 spiro atoms. The Balaban J connectivity index is 1.59. The molecule has 29 heavy (non-hydrogen) atoms. The molecule has 0 saturated carbocycles. The van der Waals surface area contributed by atoms with E-state index in [9.17, 15) is 4.79 Å². The number of ketones is 1. The van der Waals surface area contributed by atoms with E-state index in [0.717, 1.165) is 46.4 Å². The third-order valence-corrected chi connectivity index (χ3v) is 6.22. The van der Waals surface area contributed by atoms with E-state index in [1.54, 1.807) is 11.3 Å². The summed E-state index contributed by atoms with van der Waals surface area (Å²) < 4.78 is 0. The lowest BCUT2D eigenvalue weighted by molar-refractivity contribution is -0.121. The minimum Gasteiger partial charge on any atom is -0.338 e. The second-order valence-corrected chi connectivity index (χ2v) is 8.53. The van der Waals surface area contributed by atoms with E-state index in [-0.39, 0.29) is 11.7 Å². The Labute approximate surface area is 175 Å². The molecule has 2 aromatic carbocycles. The monoisotopic (exact) mass is 402 g/mol. The molecule has 148 valence electrons. The molecule has 3 nitrogen and oxygen atoms in total. The number of rotatable bonds is 8. The van der Waals surface area contributed by atoms with Crippen LogP contribution in [0.3, 0.4) is 0 Å². The summed E-state index contributed by atoms with van der Waals surface area (Å²) in [6.45, 7) is 4.38. The van der Waals surface area contributed by atoms with Crippen molar-refractivity contribution in [1.29, 1.82) is 0 Å². The number of hydrogen-bond acceptors (Lipinski definition) is 3. The minimum absolute atomic E-state index is 0.0602. The molecule has 0 fully saturated rings. The van der Waals surface area contributed by atoms with Gasteiger partial charge in [-0.15, -0.1) is 0 Å². The lowest BCUT2D eigenvalue weighted by Gasteiger charge is -2.23. The lowest BCUT2D eigenvalue weighted by atomic mass is 9.80. The standard InChI is InChI=1S/C25H26N2OS/c1-3-7-17(2)24(19-8-5-4-6-9-19)23(28)15-18-10-11-21-22(14-18)27-25(26-21)20-12-13-29-16-20/h4-6,8-14,16-17,24H,3,7,15H2,1-2H3,(H,26,27)/t17?,24-/m0/s1. The van der Waals surface area contributed by atoms with E-state index in [1.807, 2.05) is 35.7 Å². The SMILES string of the molecule is CCCC(C)[C@H](C(=O)Cc1ccc2nc(-c3ccsc3)[nH]c2c1)c1ccccc1. The predicted molar refractivity (Wildman–Crippen MR) is 121 cm³/mol. The minimum atomic E-state index is -0.0602. The first-order chi connectivity index (χ1) is 14.2. The summed E-state index contributed by atoms with van der Waals surface area (Å²) in [6, 6.07) is 18.4. The number of nitrogens with zero attached hydrogens (tertiary/aromatic N) is 1. The molecule has 1 unspecified atom stereocenters. The molecule has 2 atom stereocenters. The number of fused-ring (bicyclic) bond motifs is 1. The van der Waals surface area contributed by atoms with Crippen LogP contribution in [0.1, 0.15) is 43.7 Å². The first kappa shape index (κ1) is 19.6. The largest absolute Gasteiger partial charge is 0.338 e. The van der Waals surface area contributed by atoms with Crippen LogP contribution in [0.5, 0.6) is 0 Å². The molecule has 0 aliphatic carbocycles. The summed E-state index contributed by atoms with van der Waals surface area (Å²) in [4.78, 5) is 21.4. The van der Waals surface area contributed by atoms with Crippen molar-refractivity contribution in [3.8, 4) is 11.4 Å². The predicted octanol–water partition coefficient (Wildman–Crippen LogP) is 6.62. The molecule has 0 saturated heterocycles. The van der Waals surface area contributed by atoms with Crippen LogP contribution >= 0.6 is 11.3 Å². The van der Waals surface area contributed by atoms with Crippen molar-refractivity contribution in [2.75, 3.05) is 0 Å². The van der Waals surface area contributed by atoms with E-state index in [1.165, 1.54) is 0 Å². The van der Waals surface area contributed by atoms with Crippen LogP contribution in [-0.2, 0) is 11.2 Å². The summed E-state index contributed by atoms with van der Waals surface area (Å²) in [5.41, 5.74) is 5.17. The number of H-pyrrole nitrogens is 1. The van der Waals surface area contributed by atoms with Gasteiger partial charge in [-0.3, -0.25) is 4.79 Å². The number of thiophene rings is 1. The lowest BCUT2D eigenvalue weighted by Crippen LogP contribution is -2.22. The highest BCUT2D eigenvalue weighted by Gasteiger charge is 2.26. The molecule has 0 radical (unpaired) electrons. The Morgan fingerprint density at radius 3 is 2.69 bits per heavy atom. The number of carbonyl (C=O) groups is 1. The summed E-state index contributed by atoms with van der Waals surface area (Å²) >= 11 is 1.66. The number of imidazole rings is 1. The molecule has 4 heteroatoms. The second kappa shape index (κ2) is 8.75. The van der Waals surface area contributed by atoms with Gasteiger partial charge >= 0.3 is 0 Å². The van der Waals surface area contributed by atoms with Gasteiger partial charge in [0.2, 0.25) is 0 Å². The Hall–Kier alpha value is -2.72. The first-order valence-corrected chi connectivity index (χ1v) is 11.2. The van der Waals surface area contributed by atoms with Crippen molar-refractivity contribution in [3.05, 3.63) is 76.5 Å². The number of carbonyl (C=O) groups excluding carboxylic acids is 1. The fraction of sp³-hybridized carbons (Fsp3) is 0.280. The molecular formula is C25H26N2OS. The van der Waals surface area contributed by atoms with E-state index in [0.29, 0.717) is 12.3 Å². The van der Waals surface area contributed by atoms with Crippen molar-refractivity contribution in [1.82, 2.24) is 9.97 Å². The van der Waals surface area contributed by atoms with Crippen LogP contribution in [0, 0.1) is 5.92 Å². The van der Waals surface area contributed by atoms with Gasteiger partial charge in [0.15, 0.2) is 0 Å². The summed E-state index contributed by atoms with van der Waals surface area (Å²) in [6.07, 6.45) is 2.58. The smallest absolute Gasteiger partial charge is 0.144 e. The third-order valence-electron chi connectivity index (χ3n) is 5.54. The number of benzene rings is 2. The van der Waals surface area contributed by atoms with Gasteiger partial charge in [0.25, 0.3) is 0 Å². The zero-order valence-corrected chi connectivity index (χ0v) is 17.7. The Morgan fingerprint density at radius 1 is 1.14 bits per heavy atom. The summed E-state index contributed by atoms with van der Waals surface area (Å²) in [5.74, 6) is 1.43. The maximum absolute atomic E-state index is 13.3. The highest BCUT2D eigenvalue weighted by Crippen LogP contribution is 2.31. The fourth-order valence-corrected chi connectivity index (χ4v) is 4.77. The van der Waals surface area contributed by atoms with Gasteiger partial charge in [-0.25, -0.2) is 4.98 Å². The number of nitrogens with one attached hydrogen (secondary N) is 1. The van der Waals surface area contributed by atoms with E-state index >= 15 is 0 Å². The van der Waals surface area contributed by atoms with E-state index in [4.69, 9.17) is 0 Å². The van der Waals surface area contributed by atoms with Crippen LogP contribution in [0.25, 0.3) is 22.4 Å². The maximum atomic E-state index is 13.3. The van der Waals surface area contributed by atoms with Crippen LogP contribution in [0.4, 0.5) is 0 Å². The van der Waals surface area contributed by atoms with Crippen LogP contribution in [0.2, 0.25) is 0 Å². The Bertz CT molecular complexity index is 1080.